The number of benzene rings is 1. The summed E-state index contributed by atoms with van der Waals surface area (Å²) >= 11 is 5.90. The van der Waals surface area contributed by atoms with Crippen LogP contribution in [-0.4, -0.2) is 18.5 Å². The van der Waals surface area contributed by atoms with Crippen molar-refractivity contribution in [2.75, 3.05) is 11.9 Å². The van der Waals surface area contributed by atoms with Gasteiger partial charge in [-0.15, -0.1) is 6.58 Å². The van der Waals surface area contributed by atoms with Gasteiger partial charge in [-0.2, -0.15) is 5.26 Å². The lowest BCUT2D eigenvalue weighted by molar-refractivity contribution is -0.121. The van der Waals surface area contributed by atoms with E-state index in [1.165, 1.54) is 0 Å². The molecule has 4 nitrogen and oxygen atoms in total. The third kappa shape index (κ3) is 3.79. The zero-order valence-electron chi connectivity index (χ0n) is 10.0. The van der Waals surface area contributed by atoms with Gasteiger partial charge >= 0.3 is 0 Å². The van der Waals surface area contributed by atoms with E-state index in [-0.39, 0.29) is 5.91 Å². The molecule has 18 heavy (non-hydrogen) atoms. The number of nitrogens with zero attached hydrogens (tertiary/aromatic N) is 1. The fourth-order valence-corrected chi connectivity index (χ4v) is 1.56. The zero-order chi connectivity index (χ0) is 13.5. The lowest BCUT2D eigenvalue weighted by Crippen LogP contribution is -2.37. The Hall–Kier alpha value is -1.99. The number of amides is 1. The highest BCUT2D eigenvalue weighted by atomic mass is 35.5. The molecule has 1 aromatic rings. The average molecular weight is 264 g/mol. The highest BCUT2D eigenvalue weighted by molar-refractivity contribution is 6.32. The Morgan fingerprint density at radius 1 is 1.67 bits per heavy atom. The van der Waals surface area contributed by atoms with E-state index in [2.05, 4.69) is 17.2 Å². The summed E-state index contributed by atoms with van der Waals surface area (Å²) in [4.78, 5) is 11.6. The van der Waals surface area contributed by atoms with Gasteiger partial charge in [0.1, 0.15) is 12.1 Å². The Balaban J connectivity index is 2.67. The molecule has 0 aliphatic heterocycles. The minimum Gasteiger partial charge on any atom is -0.374 e. The van der Waals surface area contributed by atoms with Gasteiger partial charge in [-0.1, -0.05) is 17.7 Å². The van der Waals surface area contributed by atoms with Gasteiger partial charge in [0.25, 0.3) is 0 Å². The van der Waals surface area contributed by atoms with Crippen molar-refractivity contribution in [3.63, 3.8) is 0 Å². The molecule has 1 aromatic carbocycles. The first-order chi connectivity index (χ1) is 8.58. The van der Waals surface area contributed by atoms with E-state index in [0.29, 0.717) is 22.8 Å². The van der Waals surface area contributed by atoms with E-state index in [1.807, 2.05) is 6.07 Å². The summed E-state index contributed by atoms with van der Waals surface area (Å²) < 4.78 is 0. The van der Waals surface area contributed by atoms with Crippen molar-refractivity contribution in [1.29, 1.82) is 5.26 Å². The van der Waals surface area contributed by atoms with Crippen LogP contribution in [0.1, 0.15) is 12.5 Å². The third-order valence-corrected chi connectivity index (χ3v) is 2.60. The van der Waals surface area contributed by atoms with Crippen LogP contribution in [0, 0.1) is 11.3 Å². The van der Waals surface area contributed by atoms with Gasteiger partial charge in [-0.05, 0) is 25.1 Å². The van der Waals surface area contributed by atoms with E-state index in [4.69, 9.17) is 16.9 Å². The number of nitrogens with one attached hydrogen (secondary N) is 2. The smallest absolute Gasteiger partial charge is 0.242 e. The van der Waals surface area contributed by atoms with Gasteiger partial charge in [0.05, 0.1) is 10.6 Å². The molecule has 0 radical (unpaired) electrons. The van der Waals surface area contributed by atoms with E-state index in [9.17, 15) is 4.79 Å². The third-order valence-electron chi connectivity index (χ3n) is 2.29. The normalized spacial score (nSPS) is 11.2. The first-order valence-electron chi connectivity index (χ1n) is 5.43. The molecule has 0 aliphatic carbocycles. The van der Waals surface area contributed by atoms with Crippen LogP contribution in [-0.2, 0) is 4.79 Å². The molecule has 0 spiro atoms. The maximum atomic E-state index is 11.6. The predicted octanol–water partition coefficient (Wildman–Crippen LogP) is 2.31. The number of carbonyl (C=O) groups excluding carboxylic acids is 1. The molecular weight excluding hydrogens is 250 g/mol. The van der Waals surface area contributed by atoms with E-state index >= 15 is 0 Å². The van der Waals surface area contributed by atoms with Crippen molar-refractivity contribution in [3.05, 3.63) is 41.4 Å². The molecular formula is C13H14ClN3O. The maximum Gasteiger partial charge on any atom is 0.242 e. The fraction of sp³-hybridized carbons (Fsp3) is 0.231. The number of anilines is 1. The Kier molecular flexibility index (Phi) is 5.22. The van der Waals surface area contributed by atoms with Gasteiger partial charge in [-0.3, -0.25) is 4.79 Å². The molecule has 5 heteroatoms. The zero-order valence-corrected chi connectivity index (χ0v) is 10.8. The van der Waals surface area contributed by atoms with Gasteiger partial charge in [0.2, 0.25) is 5.91 Å². The SMILES string of the molecule is C=CCNC(=O)C(C)Nc1ccc(C#N)c(Cl)c1. The second-order valence-electron chi connectivity index (χ2n) is 3.71. The molecule has 2 N–H and O–H groups in total. The molecule has 0 aliphatic rings. The van der Waals surface area contributed by atoms with Crippen LogP contribution in [0.5, 0.6) is 0 Å². The monoisotopic (exact) mass is 263 g/mol. The van der Waals surface area contributed by atoms with Gasteiger partial charge in [0.15, 0.2) is 0 Å². The number of rotatable bonds is 5. The molecule has 0 aromatic heterocycles. The molecule has 1 rings (SSSR count). The van der Waals surface area contributed by atoms with Crippen molar-refractivity contribution in [1.82, 2.24) is 5.32 Å². The van der Waals surface area contributed by atoms with Crippen LogP contribution < -0.4 is 10.6 Å². The summed E-state index contributed by atoms with van der Waals surface area (Å²) in [5.74, 6) is -0.129. The van der Waals surface area contributed by atoms with Gasteiger partial charge in [-0.25, -0.2) is 0 Å². The van der Waals surface area contributed by atoms with Crippen LogP contribution in [0.2, 0.25) is 5.02 Å². The minimum absolute atomic E-state index is 0.129. The van der Waals surface area contributed by atoms with Crippen LogP contribution in [0.4, 0.5) is 5.69 Å². The van der Waals surface area contributed by atoms with Crippen molar-refractivity contribution in [2.45, 2.75) is 13.0 Å². The lowest BCUT2D eigenvalue weighted by Gasteiger charge is -2.15. The Labute approximate surface area is 111 Å². The van der Waals surface area contributed by atoms with Crippen molar-refractivity contribution in [3.8, 4) is 6.07 Å². The van der Waals surface area contributed by atoms with Gasteiger partial charge < -0.3 is 10.6 Å². The molecule has 94 valence electrons. The summed E-state index contributed by atoms with van der Waals surface area (Å²) in [6.45, 7) is 5.69. The minimum atomic E-state index is -0.394. The quantitative estimate of drug-likeness (QED) is 0.802. The molecule has 0 bridgehead atoms. The second kappa shape index (κ2) is 6.67. The van der Waals surface area contributed by atoms with Crippen LogP contribution >= 0.6 is 11.6 Å². The maximum absolute atomic E-state index is 11.6. The van der Waals surface area contributed by atoms with Crippen molar-refractivity contribution < 1.29 is 4.79 Å². The summed E-state index contributed by atoms with van der Waals surface area (Å²) in [5, 5.41) is 14.8. The second-order valence-corrected chi connectivity index (χ2v) is 4.11. The molecule has 0 saturated heterocycles. The number of halogens is 1. The topological polar surface area (TPSA) is 64.9 Å². The summed E-state index contributed by atoms with van der Waals surface area (Å²) in [5.41, 5.74) is 1.10. The predicted molar refractivity (Wildman–Crippen MR) is 72.5 cm³/mol. The molecule has 0 heterocycles. The fourth-order valence-electron chi connectivity index (χ4n) is 1.34. The Morgan fingerprint density at radius 3 is 2.94 bits per heavy atom. The molecule has 1 atom stereocenters. The standard InChI is InChI=1S/C13H14ClN3O/c1-3-6-16-13(18)9(2)17-11-5-4-10(8-15)12(14)7-11/h3-5,7,9,17H,1,6H2,2H3,(H,16,18). The first-order valence-corrected chi connectivity index (χ1v) is 5.81. The van der Waals surface area contributed by atoms with Crippen LogP contribution in [0.3, 0.4) is 0 Å². The Morgan fingerprint density at radius 2 is 2.39 bits per heavy atom. The van der Waals surface area contributed by atoms with Crippen molar-refractivity contribution >= 4 is 23.2 Å². The summed E-state index contributed by atoms with van der Waals surface area (Å²) in [7, 11) is 0. The van der Waals surface area contributed by atoms with E-state index in [0.717, 1.165) is 0 Å². The number of nitriles is 1. The number of hydrogen-bond acceptors (Lipinski definition) is 3. The van der Waals surface area contributed by atoms with E-state index < -0.39 is 6.04 Å². The van der Waals surface area contributed by atoms with E-state index in [1.54, 1.807) is 31.2 Å². The highest BCUT2D eigenvalue weighted by Crippen LogP contribution is 2.20. The lowest BCUT2D eigenvalue weighted by atomic mass is 10.2. The van der Waals surface area contributed by atoms with Crippen molar-refractivity contribution in [2.24, 2.45) is 0 Å². The summed E-state index contributed by atoms with van der Waals surface area (Å²) in [6, 6.07) is 6.52. The van der Waals surface area contributed by atoms with Gasteiger partial charge in [0, 0.05) is 12.2 Å². The molecule has 1 unspecified atom stereocenters. The largest absolute Gasteiger partial charge is 0.374 e. The average Bonchev–Trinajstić information content (AvgIpc) is 2.36. The number of carbonyl (C=O) groups is 1. The van der Waals surface area contributed by atoms with Crippen LogP contribution in [0.15, 0.2) is 30.9 Å². The molecule has 0 saturated carbocycles. The van der Waals surface area contributed by atoms with Crippen LogP contribution in [0.25, 0.3) is 0 Å². The summed E-state index contributed by atoms with van der Waals surface area (Å²) in [6.07, 6.45) is 1.61. The Bertz CT molecular complexity index is 493. The highest BCUT2D eigenvalue weighted by Gasteiger charge is 2.11. The first kappa shape index (κ1) is 14.1. The molecule has 0 fully saturated rings. The molecule has 1 amide bonds. The number of hydrogen-bond donors (Lipinski definition) is 2.